The Balaban J connectivity index is 3.21. The summed E-state index contributed by atoms with van der Waals surface area (Å²) < 4.78 is 186. The van der Waals surface area contributed by atoms with Gasteiger partial charge in [-0.15, -0.1) is 0 Å². The Morgan fingerprint density at radius 2 is 1.36 bits per heavy atom. The summed E-state index contributed by atoms with van der Waals surface area (Å²) in [6.45, 7) is -0.523. The van der Waals surface area contributed by atoms with Crippen molar-refractivity contribution < 1.29 is 81.2 Å². The molecular formula is C25H29F13N2O5. The molecule has 0 aliphatic rings. The summed E-state index contributed by atoms with van der Waals surface area (Å²) in [7, 11) is 0. The van der Waals surface area contributed by atoms with Crippen LogP contribution in [-0.2, 0) is 16.0 Å². The lowest BCUT2D eigenvalue weighted by Crippen LogP contribution is -2.71. The molecule has 1 unspecified atom stereocenters. The molecular weight excluding hydrogens is 655 g/mol. The third-order valence-electron chi connectivity index (χ3n) is 5.95. The van der Waals surface area contributed by atoms with Crippen molar-refractivity contribution in [2.75, 3.05) is 32.8 Å². The third kappa shape index (κ3) is 8.96. The Hall–Kier alpha value is -3.19. The van der Waals surface area contributed by atoms with Crippen LogP contribution in [0.2, 0.25) is 0 Å². The molecule has 0 fully saturated rings. The van der Waals surface area contributed by atoms with Crippen LogP contribution in [0.25, 0.3) is 0 Å². The SMILES string of the molecule is CCOC(Cc1ccc(OCCN(CC(F)(F)C(F)(F)C(F)(F)C(F)(F)C(F)(F)C(F)(F)F)C(=O)NCC(C)C)cc1)C(=O)O. The lowest BCUT2D eigenvalue weighted by Gasteiger charge is -2.40. The van der Waals surface area contributed by atoms with Gasteiger partial charge in [0.05, 0.1) is 13.1 Å². The summed E-state index contributed by atoms with van der Waals surface area (Å²) in [5.41, 5.74) is 0.425. The highest BCUT2D eigenvalue weighted by Crippen LogP contribution is 2.60. The van der Waals surface area contributed by atoms with Crippen LogP contribution in [0.1, 0.15) is 26.3 Å². The van der Waals surface area contributed by atoms with Crippen LogP contribution >= 0.6 is 0 Å². The van der Waals surface area contributed by atoms with E-state index in [1.54, 1.807) is 6.92 Å². The first-order valence-corrected chi connectivity index (χ1v) is 12.8. The van der Waals surface area contributed by atoms with Gasteiger partial charge in [0.15, 0.2) is 6.10 Å². The van der Waals surface area contributed by atoms with E-state index in [-0.39, 0.29) is 30.2 Å². The largest absolute Gasteiger partial charge is 0.492 e. The van der Waals surface area contributed by atoms with Crippen molar-refractivity contribution in [3.8, 4) is 5.75 Å². The van der Waals surface area contributed by atoms with Gasteiger partial charge in [-0.1, -0.05) is 26.0 Å². The van der Waals surface area contributed by atoms with Crippen LogP contribution in [-0.4, -0.2) is 96.7 Å². The highest BCUT2D eigenvalue weighted by Gasteiger charge is 2.90. The molecule has 7 nitrogen and oxygen atoms in total. The van der Waals surface area contributed by atoms with E-state index in [1.807, 2.05) is 5.32 Å². The maximum atomic E-state index is 14.5. The van der Waals surface area contributed by atoms with Crippen LogP contribution in [0.3, 0.4) is 0 Å². The van der Waals surface area contributed by atoms with Gasteiger partial charge in [-0.25, -0.2) is 9.59 Å². The van der Waals surface area contributed by atoms with Crippen LogP contribution < -0.4 is 10.1 Å². The smallest absolute Gasteiger partial charge is 0.460 e. The molecule has 260 valence electrons. The van der Waals surface area contributed by atoms with E-state index in [0.717, 1.165) is 0 Å². The molecule has 0 bridgehead atoms. The molecule has 20 heteroatoms. The van der Waals surface area contributed by atoms with E-state index < -0.39 is 79.5 Å². The van der Waals surface area contributed by atoms with Gasteiger partial charge in [-0.2, -0.15) is 57.1 Å². The van der Waals surface area contributed by atoms with E-state index >= 15 is 0 Å². The molecule has 0 heterocycles. The topological polar surface area (TPSA) is 88.1 Å². The van der Waals surface area contributed by atoms with Crippen LogP contribution in [0.4, 0.5) is 61.9 Å². The summed E-state index contributed by atoms with van der Waals surface area (Å²) in [6, 6.07) is 3.52. The van der Waals surface area contributed by atoms with Crippen LogP contribution in [0.15, 0.2) is 24.3 Å². The minimum absolute atomic E-state index is 0.0674. The number of hydrogen-bond donors (Lipinski definition) is 2. The van der Waals surface area contributed by atoms with Crippen molar-refractivity contribution >= 4 is 12.0 Å². The zero-order valence-electron chi connectivity index (χ0n) is 23.6. The lowest BCUT2D eigenvalue weighted by atomic mass is 9.93. The number of carboxylic acids is 1. The maximum Gasteiger partial charge on any atom is 0.460 e. The Morgan fingerprint density at radius 3 is 1.80 bits per heavy atom. The second-order valence-electron chi connectivity index (χ2n) is 9.98. The van der Waals surface area contributed by atoms with E-state index in [1.165, 1.54) is 38.1 Å². The Morgan fingerprint density at radius 1 is 0.844 bits per heavy atom. The minimum atomic E-state index is -8.06. The summed E-state index contributed by atoms with van der Waals surface area (Å²) in [4.78, 5) is 23.3. The number of alkyl halides is 13. The number of carboxylic acid groups (broad SMARTS) is 1. The van der Waals surface area contributed by atoms with Crippen molar-refractivity contribution in [2.45, 2.75) is 69.1 Å². The zero-order chi connectivity index (χ0) is 35.2. The molecule has 0 spiro atoms. The fraction of sp³-hybridized carbons (Fsp3) is 0.680. The molecule has 0 aromatic heterocycles. The number of hydrogen-bond acceptors (Lipinski definition) is 4. The molecule has 0 aliphatic carbocycles. The molecule has 0 aliphatic heterocycles. The predicted octanol–water partition coefficient (Wildman–Crippen LogP) is 6.50. The first kappa shape index (κ1) is 39.8. The maximum absolute atomic E-state index is 14.5. The van der Waals surface area contributed by atoms with E-state index in [9.17, 15) is 66.7 Å². The Bertz CT molecular complexity index is 1130. The molecule has 2 amide bonds. The quantitative estimate of drug-likeness (QED) is 0.183. The van der Waals surface area contributed by atoms with Gasteiger partial charge >= 0.3 is 47.8 Å². The number of nitrogens with zero attached hydrogens (tertiary/aromatic N) is 1. The molecule has 2 N–H and O–H groups in total. The standard InChI is InChI=1S/C25H29F13N2O5/c1-4-44-17(18(41)42)11-15-5-7-16(8-6-15)45-10-9-40(19(43)39-12-14(2)3)13-20(26,27)21(28,29)22(30,31)23(32,33)24(34,35)25(36,37)38/h5-8,14,17H,4,9-13H2,1-3H3,(H,39,43)(H,41,42). The number of carbonyl (C=O) groups excluding carboxylic acids is 1. The van der Waals surface area contributed by atoms with E-state index in [2.05, 4.69) is 0 Å². The van der Waals surface area contributed by atoms with Gasteiger partial charge in [-0.05, 0) is 30.5 Å². The fourth-order valence-corrected chi connectivity index (χ4v) is 3.42. The zero-order valence-corrected chi connectivity index (χ0v) is 23.6. The normalized spacial score (nSPS) is 14.3. The van der Waals surface area contributed by atoms with Gasteiger partial charge in [0.1, 0.15) is 12.4 Å². The van der Waals surface area contributed by atoms with Crippen molar-refractivity contribution in [3.63, 3.8) is 0 Å². The second-order valence-corrected chi connectivity index (χ2v) is 9.98. The number of nitrogens with one attached hydrogen (secondary N) is 1. The predicted molar refractivity (Wildman–Crippen MR) is 129 cm³/mol. The number of halogens is 13. The molecule has 0 saturated carbocycles. The van der Waals surface area contributed by atoms with Crippen molar-refractivity contribution in [3.05, 3.63) is 29.8 Å². The average Bonchev–Trinajstić information content (AvgIpc) is 2.90. The number of amides is 2. The van der Waals surface area contributed by atoms with Crippen LogP contribution in [0.5, 0.6) is 5.75 Å². The van der Waals surface area contributed by atoms with Crippen molar-refractivity contribution in [2.24, 2.45) is 5.92 Å². The van der Waals surface area contributed by atoms with Gasteiger partial charge in [0.2, 0.25) is 0 Å². The van der Waals surface area contributed by atoms with Crippen molar-refractivity contribution in [1.29, 1.82) is 0 Å². The van der Waals surface area contributed by atoms with Gasteiger partial charge < -0.3 is 24.8 Å². The Labute approximate surface area is 247 Å². The molecule has 1 aromatic rings. The molecule has 0 radical (unpaired) electrons. The van der Waals surface area contributed by atoms with E-state index in [0.29, 0.717) is 5.56 Å². The molecule has 1 aromatic carbocycles. The Kier molecular flexibility index (Phi) is 12.8. The highest BCUT2D eigenvalue weighted by molar-refractivity contribution is 5.74. The third-order valence-corrected chi connectivity index (χ3v) is 5.95. The second kappa shape index (κ2) is 14.5. The minimum Gasteiger partial charge on any atom is -0.492 e. The molecule has 1 atom stereocenters. The number of rotatable bonds is 17. The van der Waals surface area contributed by atoms with Gasteiger partial charge in [0, 0.05) is 19.6 Å². The summed E-state index contributed by atoms with van der Waals surface area (Å²) in [6.07, 6.45) is -8.83. The van der Waals surface area contributed by atoms with Crippen LogP contribution in [0, 0.1) is 5.92 Å². The van der Waals surface area contributed by atoms with E-state index in [4.69, 9.17) is 14.6 Å². The first-order valence-electron chi connectivity index (χ1n) is 12.8. The summed E-state index contributed by atoms with van der Waals surface area (Å²) >= 11 is 0. The number of urea groups is 1. The van der Waals surface area contributed by atoms with Crippen molar-refractivity contribution in [1.82, 2.24) is 10.2 Å². The molecule has 0 saturated heterocycles. The lowest BCUT2D eigenvalue weighted by molar-refractivity contribution is -0.439. The highest BCUT2D eigenvalue weighted by atomic mass is 19.4. The van der Waals surface area contributed by atoms with Gasteiger partial charge in [0.25, 0.3) is 0 Å². The molecule has 45 heavy (non-hydrogen) atoms. The summed E-state index contributed by atoms with van der Waals surface area (Å²) in [5, 5.41) is 11.1. The fourth-order valence-electron chi connectivity index (χ4n) is 3.42. The first-order chi connectivity index (χ1) is 20.3. The molecule has 1 rings (SSSR count). The number of ether oxygens (including phenoxy) is 2. The average molecular weight is 684 g/mol. The number of carbonyl (C=O) groups is 2. The number of benzene rings is 1. The monoisotopic (exact) mass is 684 g/mol. The number of aliphatic carboxylic acids is 1. The summed E-state index contributed by atoms with van der Waals surface area (Å²) in [5.74, 6) is -39.7. The van der Waals surface area contributed by atoms with Gasteiger partial charge in [-0.3, -0.25) is 0 Å².